The lowest BCUT2D eigenvalue weighted by Gasteiger charge is -2.11. The number of benzene rings is 1. The Labute approximate surface area is 107 Å². The summed E-state index contributed by atoms with van der Waals surface area (Å²) in [4.78, 5) is 8.09. The van der Waals surface area contributed by atoms with E-state index in [9.17, 15) is 0 Å². The van der Waals surface area contributed by atoms with Crippen molar-refractivity contribution in [1.29, 1.82) is 0 Å². The number of nitrogens with zero attached hydrogens (tertiary/aromatic N) is 2. The van der Waals surface area contributed by atoms with Crippen LogP contribution in [-0.2, 0) is 17.7 Å². The number of aromatic nitrogens is 2. The van der Waals surface area contributed by atoms with Crippen molar-refractivity contribution < 1.29 is 4.74 Å². The van der Waals surface area contributed by atoms with Gasteiger partial charge in [-0.1, -0.05) is 18.2 Å². The fourth-order valence-corrected chi connectivity index (χ4v) is 1.73. The second-order valence-electron chi connectivity index (χ2n) is 3.95. The van der Waals surface area contributed by atoms with E-state index in [1.54, 1.807) is 19.6 Å². The first-order valence-corrected chi connectivity index (χ1v) is 5.96. The maximum Gasteiger partial charge on any atom is 0.115 e. The van der Waals surface area contributed by atoms with E-state index >= 15 is 0 Å². The average Bonchev–Trinajstić information content (AvgIpc) is 2.45. The van der Waals surface area contributed by atoms with E-state index in [0.717, 1.165) is 24.4 Å². The molecule has 0 bridgehead atoms. The fourth-order valence-electron chi connectivity index (χ4n) is 1.73. The topological polar surface area (TPSA) is 47.0 Å². The number of hydrogen-bond donors (Lipinski definition) is 1. The average molecular weight is 243 g/mol. The molecule has 1 aromatic carbocycles. The van der Waals surface area contributed by atoms with E-state index in [4.69, 9.17) is 4.74 Å². The van der Waals surface area contributed by atoms with Crippen molar-refractivity contribution >= 4 is 5.69 Å². The van der Waals surface area contributed by atoms with Crippen molar-refractivity contribution in [3.63, 3.8) is 0 Å². The van der Waals surface area contributed by atoms with Gasteiger partial charge in [0.2, 0.25) is 0 Å². The molecule has 0 atom stereocenters. The Kier molecular flexibility index (Phi) is 4.67. The lowest BCUT2D eigenvalue weighted by Crippen LogP contribution is -2.05. The summed E-state index contributed by atoms with van der Waals surface area (Å²) in [5.41, 5.74) is 3.37. The number of hydrogen-bond acceptors (Lipinski definition) is 4. The van der Waals surface area contributed by atoms with E-state index in [1.807, 2.05) is 18.2 Å². The highest BCUT2D eigenvalue weighted by Gasteiger charge is 2.01. The lowest BCUT2D eigenvalue weighted by molar-refractivity contribution is 0.202. The Morgan fingerprint density at radius 1 is 1.22 bits per heavy atom. The van der Waals surface area contributed by atoms with Crippen LogP contribution in [0.1, 0.15) is 11.3 Å². The number of anilines is 1. The van der Waals surface area contributed by atoms with Gasteiger partial charge in [-0.25, -0.2) is 9.97 Å². The Morgan fingerprint density at radius 3 is 2.89 bits per heavy atom. The standard InChI is InChI=1S/C14H17N3O/c1-18-9-7-12-4-2-3-5-14(12)16-10-13-6-8-15-11-17-13/h2-6,8,11,16H,7,9-10H2,1H3. The summed E-state index contributed by atoms with van der Waals surface area (Å²) in [5, 5.41) is 3.39. The summed E-state index contributed by atoms with van der Waals surface area (Å²) in [6.07, 6.45) is 4.22. The molecule has 94 valence electrons. The van der Waals surface area contributed by atoms with Crippen LogP contribution in [0.25, 0.3) is 0 Å². The zero-order valence-electron chi connectivity index (χ0n) is 10.5. The van der Waals surface area contributed by atoms with Gasteiger partial charge < -0.3 is 10.1 Å². The van der Waals surface area contributed by atoms with E-state index in [-0.39, 0.29) is 0 Å². The Bertz CT molecular complexity index is 473. The summed E-state index contributed by atoms with van der Waals surface area (Å²) in [5.74, 6) is 0. The van der Waals surface area contributed by atoms with Crippen LogP contribution >= 0.6 is 0 Å². The maximum absolute atomic E-state index is 5.12. The lowest BCUT2D eigenvalue weighted by atomic mass is 10.1. The molecule has 1 N–H and O–H groups in total. The van der Waals surface area contributed by atoms with Gasteiger partial charge in [-0.3, -0.25) is 0 Å². The van der Waals surface area contributed by atoms with E-state index in [0.29, 0.717) is 6.54 Å². The number of methoxy groups -OCH3 is 1. The normalized spacial score (nSPS) is 10.3. The molecule has 4 nitrogen and oxygen atoms in total. The summed E-state index contributed by atoms with van der Waals surface area (Å²) in [6.45, 7) is 1.43. The van der Waals surface area contributed by atoms with Crippen molar-refractivity contribution in [1.82, 2.24) is 9.97 Å². The molecule has 0 aliphatic heterocycles. The third-order valence-corrected chi connectivity index (χ3v) is 2.70. The zero-order chi connectivity index (χ0) is 12.6. The summed E-state index contributed by atoms with van der Waals surface area (Å²) >= 11 is 0. The van der Waals surface area contributed by atoms with Gasteiger partial charge in [0, 0.05) is 19.0 Å². The van der Waals surface area contributed by atoms with Crippen molar-refractivity contribution in [2.75, 3.05) is 19.0 Å². The van der Waals surface area contributed by atoms with E-state index < -0.39 is 0 Å². The van der Waals surface area contributed by atoms with Gasteiger partial charge in [-0.15, -0.1) is 0 Å². The van der Waals surface area contributed by atoms with Crippen LogP contribution in [0.2, 0.25) is 0 Å². The van der Waals surface area contributed by atoms with Crippen molar-refractivity contribution in [2.24, 2.45) is 0 Å². The molecule has 0 aliphatic carbocycles. The Hall–Kier alpha value is -1.94. The number of nitrogens with one attached hydrogen (secondary N) is 1. The first kappa shape index (κ1) is 12.5. The SMILES string of the molecule is COCCc1ccccc1NCc1ccncn1. The van der Waals surface area contributed by atoms with Crippen LogP contribution < -0.4 is 5.32 Å². The molecule has 2 aromatic rings. The van der Waals surface area contributed by atoms with Gasteiger partial charge in [-0.2, -0.15) is 0 Å². The van der Waals surface area contributed by atoms with Crippen molar-refractivity contribution in [3.8, 4) is 0 Å². The largest absolute Gasteiger partial charge is 0.384 e. The molecule has 0 radical (unpaired) electrons. The van der Waals surface area contributed by atoms with Gasteiger partial charge in [-0.05, 0) is 24.1 Å². The molecule has 0 unspecified atom stereocenters. The first-order chi connectivity index (χ1) is 8.90. The minimum atomic E-state index is 0.701. The van der Waals surface area contributed by atoms with Crippen LogP contribution in [0.15, 0.2) is 42.9 Å². The first-order valence-electron chi connectivity index (χ1n) is 5.96. The van der Waals surface area contributed by atoms with Crippen LogP contribution in [0, 0.1) is 0 Å². The van der Waals surface area contributed by atoms with E-state index in [2.05, 4.69) is 27.4 Å². The smallest absolute Gasteiger partial charge is 0.115 e. The summed E-state index contributed by atoms with van der Waals surface area (Å²) in [7, 11) is 1.72. The molecule has 0 aliphatic rings. The maximum atomic E-state index is 5.12. The predicted octanol–water partition coefficient (Wildman–Crippen LogP) is 2.28. The highest BCUT2D eigenvalue weighted by atomic mass is 16.5. The molecule has 1 aromatic heterocycles. The zero-order valence-corrected chi connectivity index (χ0v) is 10.5. The molecular formula is C14H17N3O. The molecule has 0 saturated carbocycles. The quantitative estimate of drug-likeness (QED) is 0.845. The molecule has 0 amide bonds. The monoisotopic (exact) mass is 243 g/mol. The van der Waals surface area contributed by atoms with Crippen LogP contribution in [0.4, 0.5) is 5.69 Å². The van der Waals surface area contributed by atoms with Crippen molar-refractivity contribution in [3.05, 3.63) is 54.1 Å². The van der Waals surface area contributed by atoms with Crippen LogP contribution in [-0.4, -0.2) is 23.7 Å². The second-order valence-corrected chi connectivity index (χ2v) is 3.95. The van der Waals surface area contributed by atoms with Gasteiger partial charge in [0.25, 0.3) is 0 Å². The van der Waals surface area contributed by atoms with Crippen LogP contribution in [0.3, 0.4) is 0 Å². The van der Waals surface area contributed by atoms with Gasteiger partial charge in [0.05, 0.1) is 18.8 Å². The Balaban J connectivity index is 2.00. The highest BCUT2D eigenvalue weighted by Crippen LogP contribution is 2.16. The fraction of sp³-hybridized carbons (Fsp3) is 0.286. The molecule has 2 rings (SSSR count). The number of para-hydroxylation sites is 1. The second kappa shape index (κ2) is 6.71. The van der Waals surface area contributed by atoms with Gasteiger partial charge >= 0.3 is 0 Å². The minimum absolute atomic E-state index is 0.701. The molecule has 0 spiro atoms. The highest BCUT2D eigenvalue weighted by molar-refractivity contribution is 5.51. The van der Waals surface area contributed by atoms with Crippen LogP contribution in [0.5, 0.6) is 0 Å². The third kappa shape index (κ3) is 3.53. The molecule has 1 heterocycles. The summed E-state index contributed by atoms with van der Waals surface area (Å²) < 4.78 is 5.12. The molecule has 18 heavy (non-hydrogen) atoms. The molecular weight excluding hydrogens is 226 g/mol. The third-order valence-electron chi connectivity index (χ3n) is 2.70. The predicted molar refractivity (Wildman–Crippen MR) is 71.4 cm³/mol. The molecule has 0 fully saturated rings. The van der Waals surface area contributed by atoms with Gasteiger partial charge in [0.1, 0.15) is 6.33 Å². The Morgan fingerprint density at radius 2 is 2.11 bits per heavy atom. The molecule has 0 saturated heterocycles. The number of ether oxygens (including phenoxy) is 1. The van der Waals surface area contributed by atoms with E-state index in [1.165, 1.54) is 5.56 Å². The summed E-state index contributed by atoms with van der Waals surface area (Å²) in [6, 6.07) is 10.2. The van der Waals surface area contributed by atoms with Crippen molar-refractivity contribution in [2.45, 2.75) is 13.0 Å². The minimum Gasteiger partial charge on any atom is -0.384 e. The molecule has 4 heteroatoms. The van der Waals surface area contributed by atoms with Gasteiger partial charge in [0.15, 0.2) is 0 Å². The number of rotatable bonds is 6.